The van der Waals surface area contributed by atoms with Crippen LogP contribution in [0.4, 0.5) is 5.69 Å². The Bertz CT molecular complexity index is 562. The molecule has 3 nitrogen and oxygen atoms in total. The largest absolute Gasteiger partial charge is 0.492 e. The summed E-state index contributed by atoms with van der Waals surface area (Å²) < 4.78 is 5.94. The van der Waals surface area contributed by atoms with E-state index in [1.54, 1.807) is 0 Å². The third-order valence-corrected chi connectivity index (χ3v) is 3.78. The first-order valence-electron chi connectivity index (χ1n) is 6.97. The maximum atomic E-state index is 5.99. The summed E-state index contributed by atoms with van der Waals surface area (Å²) in [4.78, 5) is 2.46. The first-order valence-corrected chi connectivity index (χ1v) is 6.97. The maximum absolute atomic E-state index is 5.99. The van der Waals surface area contributed by atoms with E-state index in [9.17, 15) is 0 Å². The fourth-order valence-corrected chi connectivity index (χ4v) is 2.71. The lowest BCUT2D eigenvalue weighted by Gasteiger charge is -2.16. The van der Waals surface area contributed by atoms with E-state index in [4.69, 9.17) is 10.5 Å². The average molecular weight is 256 g/mol. The lowest BCUT2D eigenvalue weighted by Crippen LogP contribution is -2.25. The zero-order valence-electron chi connectivity index (χ0n) is 11.1. The molecule has 19 heavy (non-hydrogen) atoms. The molecule has 1 heterocycles. The maximum Gasteiger partial charge on any atom is 0.127 e. The van der Waals surface area contributed by atoms with Crippen LogP contribution in [0.3, 0.4) is 0 Å². The third kappa shape index (κ3) is 2.66. The van der Waals surface area contributed by atoms with Crippen molar-refractivity contribution in [3.63, 3.8) is 0 Å². The summed E-state index contributed by atoms with van der Waals surface area (Å²) in [7, 11) is 0. The summed E-state index contributed by atoms with van der Waals surface area (Å²) in [5.41, 5.74) is 6.80. The van der Waals surface area contributed by atoms with Crippen LogP contribution in [0.15, 0.2) is 36.4 Å². The zero-order valence-corrected chi connectivity index (χ0v) is 11.1. The van der Waals surface area contributed by atoms with Crippen LogP contribution in [0.1, 0.15) is 12.8 Å². The van der Waals surface area contributed by atoms with Crippen molar-refractivity contribution in [2.24, 2.45) is 0 Å². The molecular weight excluding hydrogens is 236 g/mol. The van der Waals surface area contributed by atoms with Crippen LogP contribution in [0, 0.1) is 0 Å². The van der Waals surface area contributed by atoms with Gasteiger partial charge in [-0.15, -0.1) is 0 Å². The molecule has 3 heteroatoms. The second-order valence-corrected chi connectivity index (χ2v) is 5.10. The molecule has 3 rings (SSSR count). The lowest BCUT2D eigenvalue weighted by atomic mass is 10.1. The SMILES string of the molecule is Nc1ccc(OCCN2CCCC2)c2ccccc12. The van der Waals surface area contributed by atoms with Crippen molar-refractivity contribution < 1.29 is 4.74 Å². The van der Waals surface area contributed by atoms with E-state index < -0.39 is 0 Å². The molecule has 0 atom stereocenters. The predicted octanol–water partition coefficient (Wildman–Crippen LogP) is 2.90. The Hall–Kier alpha value is -1.74. The van der Waals surface area contributed by atoms with Gasteiger partial charge in [0, 0.05) is 23.0 Å². The van der Waals surface area contributed by atoms with Gasteiger partial charge >= 0.3 is 0 Å². The highest BCUT2D eigenvalue weighted by molar-refractivity contribution is 5.96. The summed E-state index contributed by atoms with van der Waals surface area (Å²) in [6.45, 7) is 4.18. The molecule has 0 amide bonds. The smallest absolute Gasteiger partial charge is 0.127 e. The van der Waals surface area contributed by atoms with E-state index in [1.807, 2.05) is 30.3 Å². The van der Waals surface area contributed by atoms with Crippen molar-refractivity contribution in [1.82, 2.24) is 4.90 Å². The van der Waals surface area contributed by atoms with Crippen LogP contribution in [-0.2, 0) is 0 Å². The number of nitrogens with two attached hydrogens (primary N) is 1. The second kappa shape index (κ2) is 5.49. The molecule has 0 aromatic heterocycles. The molecule has 0 spiro atoms. The number of rotatable bonds is 4. The molecule has 2 N–H and O–H groups in total. The molecule has 0 unspecified atom stereocenters. The summed E-state index contributed by atoms with van der Waals surface area (Å²) in [6.07, 6.45) is 2.65. The van der Waals surface area contributed by atoms with E-state index in [0.717, 1.165) is 35.4 Å². The molecule has 0 bridgehead atoms. The van der Waals surface area contributed by atoms with Crippen molar-refractivity contribution in [2.75, 3.05) is 32.0 Å². The number of benzene rings is 2. The summed E-state index contributed by atoms with van der Waals surface area (Å²) in [5, 5.41) is 2.17. The highest BCUT2D eigenvalue weighted by Crippen LogP contribution is 2.29. The number of ether oxygens (including phenoxy) is 1. The van der Waals surface area contributed by atoms with Crippen molar-refractivity contribution in [3.05, 3.63) is 36.4 Å². The Morgan fingerprint density at radius 3 is 2.53 bits per heavy atom. The predicted molar refractivity (Wildman–Crippen MR) is 79.5 cm³/mol. The van der Waals surface area contributed by atoms with Crippen LogP contribution < -0.4 is 10.5 Å². The van der Waals surface area contributed by atoms with Gasteiger partial charge in [0.15, 0.2) is 0 Å². The second-order valence-electron chi connectivity index (χ2n) is 5.10. The number of likely N-dealkylation sites (tertiary alicyclic amines) is 1. The third-order valence-electron chi connectivity index (χ3n) is 3.78. The highest BCUT2D eigenvalue weighted by atomic mass is 16.5. The van der Waals surface area contributed by atoms with Crippen LogP contribution in [0.2, 0.25) is 0 Å². The topological polar surface area (TPSA) is 38.5 Å². The normalized spacial score (nSPS) is 16.0. The summed E-state index contributed by atoms with van der Waals surface area (Å²) in [6, 6.07) is 12.0. The van der Waals surface area contributed by atoms with E-state index in [0.29, 0.717) is 0 Å². The Morgan fingerprint density at radius 2 is 1.74 bits per heavy atom. The Labute approximate surface area is 114 Å². The summed E-state index contributed by atoms with van der Waals surface area (Å²) >= 11 is 0. The molecule has 2 aromatic carbocycles. The molecule has 100 valence electrons. The van der Waals surface area contributed by atoms with Crippen LogP contribution in [0.25, 0.3) is 10.8 Å². The molecule has 2 aromatic rings. The molecule has 1 aliphatic rings. The molecule has 1 saturated heterocycles. The van der Waals surface area contributed by atoms with Crippen LogP contribution in [-0.4, -0.2) is 31.1 Å². The minimum Gasteiger partial charge on any atom is -0.492 e. The van der Waals surface area contributed by atoms with Gasteiger partial charge in [0.2, 0.25) is 0 Å². The quantitative estimate of drug-likeness (QED) is 0.855. The number of nitrogens with zero attached hydrogens (tertiary/aromatic N) is 1. The molecule has 1 aliphatic heterocycles. The van der Waals surface area contributed by atoms with Gasteiger partial charge in [0.05, 0.1) is 0 Å². The van der Waals surface area contributed by atoms with Crippen molar-refractivity contribution in [1.29, 1.82) is 0 Å². The van der Waals surface area contributed by atoms with E-state index in [1.165, 1.54) is 25.9 Å². The Balaban J connectivity index is 1.72. The van der Waals surface area contributed by atoms with Crippen LogP contribution in [0.5, 0.6) is 5.75 Å². The fourth-order valence-electron chi connectivity index (χ4n) is 2.71. The number of hydrogen-bond acceptors (Lipinski definition) is 3. The van der Waals surface area contributed by atoms with Gasteiger partial charge in [-0.3, -0.25) is 4.90 Å². The van der Waals surface area contributed by atoms with Gasteiger partial charge in [-0.25, -0.2) is 0 Å². The van der Waals surface area contributed by atoms with E-state index >= 15 is 0 Å². The highest BCUT2D eigenvalue weighted by Gasteiger charge is 2.11. The Kier molecular flexibility index (Phi) is 3.56. The van der Waals surface area contributed by atoms with Gasteiger partial charge < -0.3 is 10.5 Å². The minimum atomic E-state index is 0.744. The number of nitrogen functional groups attached to an aromatic ring is 1. The lowest BCUT2D eigenvalue weighted by molar-refractivity contribution is 0.239. The molecule has 0 aliphatic carbocycles. The van der Waals surface area contributed by atoms with Crippen molar-refractivity contribution in [3.8, 4) is 5.75 Å². The van der Waals surface area contributed by atoms with E-state index in [-0.39, 0.29) is 0 Å². The Morgan fingerprint density at radius 1 is 1.00 bits per heavy atom. The van der Waals surface area contributed by atoms with Gasteiger partial charge in [-0.2, -0.15) is 0 Å². The van der Waals surface area contributed by atoms with Gasteiger partial charge in [0.1, 0.15) is 12.4 Å². The van der Waals surface area contributed by atoms with Crippen molar-refractivity contribution >= 4 is 16.5 Å². The van der Waals surface area contributed by atoms with Gasteiger partial charge in [0.25, 0.3) is 0 Å². The first kappa shape index (κ1) is 12.3. The van der Waals surface area contributed by atoms with Crippen molar-refractivity contribution in [2.45, 2.75) is 12.8 Å². The first-order chi connectivity index (χ1) is 9.34. The number of fused-ring (bicyclic) bond motifs is 1. The molecule has 0 radical (unpaired) electrons. The molecular formula is C16H20N2O. The zero-order chi connectivity index (χ0) is 13.1. The molecule has 1 fully saturated rings. The van der Waals surface area contributed by atoms with E-state index in [2.05, 4.69) is 11.0 Å². The van der Waals surface area contributed by atoms with Gasteiger partial charge in [-0.05, 0) is 38.1 Å². The standard InChI is InChI=1S/C16H20N2O/c17-15-7-8-16(14-6-2-1-5-13(14)15)19-12-11-18-9-3-4-10-18/h1-2,5-8H,3-4,9-12,17H2. The monoisotopic (exact) mass is 256 g/mol. The fraction of sp³-hybridized carbons (Fsp3) is 0.375. The van der Waals surface area contributed by atoms with Crippen LogP contribution >= 0.6 is 0 Å². The number of hydrogen-bond donors (Lipinski definition) is 1. The minimum absolute atomic E-state index is 0.744. The number of anilines is 1. The van der Waals surface area contributed by atoms with Gasteiger partial charge in [-0.1, -0.05) is 24.3 Å². The average Bonchev–Trinajstić information content (AvgIpc) is 2.95. The molecule has 0 saturated carbocycles. The summed E-state index contributed by atoms with van der Waals surface area (Å²) in [5.74, 6) is 0.934.